The number of rotatable bonds is 10. The number of ether oxygens (including phenoxy) is 2. The van der Waals surface area contributed by atoms with Crippen molar-refractivity contribution in [3.05, 3.63) is 12.7 Å². The zero-order chi connectivity index (χ0) is 13.1. The minimum Gasteiger partial charge on any atom is -0.460 e. The Morgan fingerprint density at radius 1 is 1.24 bits per heavy atom. The van der Waals surface area contributed by atoms with Crippen molar-refractivity contribution in [1.82, 2.24) is 0 Å². The summed E-state index contributed by atoms with van der Waals surface area (Å²) in [5.41, 5.74) is 0. The Labute approximate surface area is 104 Å². The molecule has 0 atom stereocenters. The molecule has 0 heterocycles. The number of carbonyl (C=O) groups is 1. The Morgan fingerprint density at radius 3 is 2.29 bits per heavy atom. The summed E-state index contributed by atoms with van der Waals surface area (Å²) >= 11 is 0. The fourth-order valence-electron chi connectivity index (χ4n) is 1.25. The van der Waals surface area contributed by atoms with Gasteiger partial charge in [-0.1, -0.05) is 6.58 Å². The van der Waals surface area contributed by atoms with E-state index in [0.717, 1.165) is 6.08 Å². The number of hydrogen-bond acceptors (Lipinski definition) is 5. The molecule has 0 bridgehead atoms. The Hall–Kier alpha value is -0.693. The third-order valence-corrected chi connectivity index (χ3v) is 4.43. The number of carbonyl (C=O) groups excluding carboxylic acids is 1. The maximum Gasteiger partial charge on any atom is 0.361 e. The van der Waals surface area contributed by atoms with Crippen LogP contribution in [0, 0.1) is 0 Å². The predicted octanol–water partition coefficient (Wildman–Crippen LogP) is 1.42. The standard InChI is InChI=1S/C11H22O5Si/c1-5-11(12)14-9-8-13-10-17(4,15-6-2)16-7-3/h5H,1,6-10H2,2-4H3. The zero-order valence-corrected chi connectivity index (χ0v) is 11.9. The average Bonchev–Trinajstić information content (AvgIpc) is 2.29. The van der Waals surface area contributed by atoms with Gasteiger partial charge in [-0.3, -0.25) is 0 Å². The monoisotopic (exact) mass is 262 g/mol. The fourth-order valence-corrected chi connectivity index (χ4v) is 3.24. The van der Waals surface area contributed by atoms with Crippen LogP contribution in [0.5, 0.6) is 0 Å². The summed E-state index contributed by atoms with van der Waals surface area (Å²) in [4.78, 5) is 10.7. The molecular formula is C11H22O5Si. The second-order valence-electron chi connectivity index (χ2n) is 3.42. The molecule has 0 aromatic rings. The molecule has 0 aromatic heterocycles. The van der Waals surface area contributed by atoms with Crippen molar-refractivity contribution >= 4 is 14.5 Å². The summed E-state index contributed by atoms with van der Waals surface area (Å²) in [5.74, 6) is -0.441. The van der Waals surface area contributed by atoms with Crippen molar-refractivity contribution < 1.29 is 23.1 Å². The summed E-state index contributed by atoms with van der Waals surface area (Å²) in [6.07, 6.45) is 1.56. The van der Waals surface area contributed by atoms with Gasteiger partial charge in [0, 0.05) is 19.3 Å². The van der Waals surface area contributed by atoms with Crippen LogP contribution in [0.15, 0.2) is 12.7 Å². The van der Waals surface area contributed by atoms with Crippen LogP contribution >= 0.6 is 0 Å². The van der Waals surface area contributed by atoms with E-state index in [1.165, 1.54) is 0 Å². The highest BCUT2D eigenvalue weighted by molar-refractivity contribution is 6.65. The van der Waals surface area contributed by atoms with Crippen molar-refractivity contribution in [2.45, 2.75) is 20.4 Å². The lowest BCUT2D eigenvalue weighted by molar-refractivity contribution is -0.139. The lowest BCUT2D eigenvalue weighted by Gasteiger charge is -2.25. The number of hydrogen-bond donors (Lipinski definition) is 0. The third-order valence-electron chi connectivity index (χ3n) is 1.90. The van der Waals surface area contributed by atoms with E-state index in [-0.39, 0.29) is 6.61 Å². The molecule has 0 saturated heterocycles. The first-order valence-corrected chi connectivity index (χ1v) is 8.25. The van der Waals surface area contributed by atoms with Crippen LogP contribution in [-0.2, 0) is 23.1 Å². The maximum atomic E-state index is 10.7. The van der Waals surface area contributed by atoms with Crippen molar-refractivity contribution in [3.63, 3.8) is 0 Å². The van der Waals surface area contributed by atoms with Gasteiger partial charge in [-0.25, -0.2) is 4.79 Å². The Bertz CT molecular complexity index is 226. The predicted molar refractivity (Wildman–Crippen MR) is 66.8 cm³/mol. The van der Waals surface area contributed by atoms with Gasteiger partial charge in [0.1, 0.15) is 6.61 Å². The second-order valence-corrected chi connectivity index (χ2v) is 6.56. The van der Waals surface area contributed by atoms with Gasteiger partial charge in [0.05, 0.1) is 12.8 Å². The molecule has 0 aliphatic rings. The molecular weight excluding hydrogens is 240 g/mol. The molecule has 0 spiro atoms. The summed E-state index contributed by atoms with van der Waals surface area (Å²) < 4.78 is 21.3. The molecule has 0 aliphatic heterocycles. The summed E-state index contributed by atoms with van der Waals surface area (Å²) in [7, 11) is -2.22. The Balaban J connectivity index is 3.74. The molecule has 0 fully saturated rings. The molecule has 17 heavy (non-hydrogen) atoms. The molecule has 0 aromatic carbocycles. The molecule has 0 aliphatic carbocycles. The van der Waals surface area contributed by atoms with Crippen molar-refractivity contribution in [1.29, 1.82) is 0 Å². The third kappa shape index (κ3) is 8.09. The van der Waals surface area contributed by atoms with E-state index in [4.69, 9.17) is 18.3 Å². The van der Waals surface area contributed by atoms with Gasteiger partial charge in [0.15, 0.2) is 0 Å². The zero-order valence-electron chi connectivity index (χ0n) is 10.9. The molecule has 100 valence electrons. The highest BCUT2D eigenvalue weighted by Gasteiger charge is 2.31. The summed E-state index contributed by atoms with van der Waals surface area (Å²) in [6, 6.07) is 0. The van der Waals surface area contributed by atoms with Crippen LogP contribution in [-0.4, -0.2) is 47.2 Å². The van der Waals surface area contributed by atoms with Gasteiger partial charge >= 0.3 is 14.5 Å². The summed E-state index contributed by atoms with van der Waals surface area (Å²) in [6.45, 7) is 10.9. The minimum absolute atomic E-state index is 0.216. The second kappa shape index (κ2) is 9.35. The molecule has 0 unspecified atom stereocenters. The first-order valence-electron chi connectivity index (χ1n) is 5.72. The first kappa shape index (κ1) is 16.3. The van der Waals surface area contributed by atoms with Gasteiger partial charge < -0.3 is 18.3 Å². The molecule has 0 amide bonds. The van der Waals surface area contributed by atoms with E-state index in [0.29, 0.717) is 26.1 Å². The largest absolute Gasteiger partial charge is 0.460 e. The highest BCUT2D eigenvalue weighted by Crippen LogP contribution is 2.07. The molecule has 6 heteroatoms. The van der Waals surface area contributed by atoms with Crippen molar-refractivity contribution in [2.24, 2.45) is 0 Å². The lowest BCUT2D eigenvalue weighted by Crippen LogP contribution is -2.44. The molecule has 0 rings (SSSR count). The van der Waals surface area contributed by atoms with Crippen molar-refractivity contribution in [3.8, 4) is 0 Å². The molecule has 0 radical (unpaired) electrons. The van der Waals surface area contributed by atoms with Crippen LogP contribution in [0.2, 0.25) is 6.55 Å². The summed E-state index contributed by atoms with van der Waals surface area (Å²) in [5, 5.41) is 0. The Morgan fingerprint density at radius 2 is 1.82 bits per heavy atom. The minimum atomic E-state index is -2.22. The smallest absolute Gasteiger partial charge is 0.361 e. The van der Waals surface area contributed by atoms with Crippen LogP contribution < -0.4 is 0 Å². The SMILES string of the molecule is C=CC(=O)OCCOC[Si](C)(OCC)OCC. The first-order chi connectivity index (χ1) is 8.08. The van der Waals surface area contributed by atoms with E-state index in [1.54, 1.807) is 0 Å². The van der Waals surface area contributed by atoms with Gasteiger partial charge in [-0.05, 0) is 20.4 Å². The highest BCUT2D eigenvalue weighted by atomic mass is 28.4. The normalized spacial score (nSPS) is 11.2. The van der Waals surface area contributed by atoms with Crippen LogP contribution in [0.25, 0.3) is 0 Å². The molecule has 0 N–H and O–H groups in total. The topological polar surface area (TPSA) is 54.0 Å². The van der Waals surface area contributed by atoms with Crippen molar-refractivity contribution in [2.75, 3.05) is 32.7 Å². The van der Waals surface area contributed by atoms with E-state index in [9.17, 15) is 4.79 Å². The van der Waals surface area contributed by atoms with Gasteiger partial charge in [-0.2, -0.15) is 0 Å². The van der Waals surface area contributed by atoms with Crippen LogP contribution in [0.3, 0.4) is 0 Å². The fraction of sp³-hybridized carbons (Fsp3) is 0.727. The molecule has 5 nitrogen and oxygen atoms in total. The lowest BCUT2D eigenvalue weighted by atomic mass is 10.6. The maximum absolute atomic E-state index is 10.7. The average molecular weight is 262 g/mol. The van der Waals surface area contributed by atoms with Gasteiger partial charge in [0.25, 0.3) is 0 Å². The van der Waals surface area contributed by atoms with E-state index >= 15 is 0 Å². The number of esters is 1. The van der Waals surface area contributed by atoms with E-state index in [1.807, 2.05) is 20.4 Å². The van der Waals surface area contributed by atoms with Gasteiger partial charge in [0.2, 0.25) is 0 Å². The van der Waals surface area contributed by atoms with Gasteiger partial charge in [-0.15, -0.1) is 0 Å². The molecule has 0 saturated carbocycles. The Kier molecular flexibility index (Phi) is 8.97. The van der Waals surface area contributed by atoms with Crippen LogP contribution in [0.4, 0.5) is 0 Å². The van der Waals surface area contributed by atoms with E-state index < -0.39 is 14.5 Å². The van der Waals surface area contributed by atoms with E-state index in [2.05, 4.69) is 6.58 Å². The quantitative estimate of drug-likeness (QED) is 0.258. The van der Waals surface area contributed by atoms with Crippen LogP contribution in [0.1, 0.15) is 13.8 Å².